The van der Waals surface area contributed by atoms with Crippen LogP contribution in [-0.4, -0.2) is 10.2 Å². The zero-order valence-corrected chi connectivity index (χ0v) is 10.8. The standard InChI is InChI=1S/C14H19N5/c15-14-12(8-17-19-14)13(18-16)11-7-2-1-6-10(11)9-4-3-5-9/h1-2,6-9,13,18H,3-5,16H2,(H3,15,17,19). The van der Waals surface area contributed by atoms with Crippen LogP contribution in [0.5, 0.6) is 0 Å². The first-order valence-corrected chi connectivity index (χ1v) is 6.65. The number of hydrogen-bond donors (Lipinski definition) is 4. The van der Waals surface area contributed by atoms with E-state index in [9.17, 15) is 0 Å². The number of nitrogens with zero attached hydrogens (tertiary/aromatic N) is 1. The van der Waals surface area contributed by atoms with Crippen LogP contribution in [0.15, 0.2) is 30.5 Å². The van der Waals surface area contributed by atoms with Crippen molar-refractivity contribution in [3.8, 4) is 0 Å². The smallest absolute Gasteiger partial charge is 0.124 e. The number of nitrogen functional groups attached to an aromatic ring is 1. The molecule has 1 aromatic carbocycles. The minimum atomic E-state index is -0.115. The van der Waals surface area contributed by atoms with Crippen molar-refractivity contribution in [2.24, 2.45) is 5.84 Å². The van der Waals surface area contributed by atoms with E-state index in [1.807, 2.05) is 6.07 Å². The minimum Gasteiger partial charge on any atom is -0.384 e. The van der Waals surface area contributed by atoms with E-state index in [4.69, 9.17) is 11.6 Å². The van der Waals surface area contributed by atoms with E-state index in [0.717, 1.165) is 5.56 Å². The summed E-state index contributed by atoms with van der Waals surface area (Å²) in [6.07, 6.45) is 5.56. The lowest BCUT2D eigenvalue weighted by atomic mass is 9.76. The van der Waals surface area contributed by atoms with Gasteiger partial charge >= 0.3 is 0 Å². The summed E-state index contributed by atoms with van der Waals surface area (Å²) >= 11 is 0. The van der Waals surface area contributed by atoms with Gasteiger partial charge in [-0.15, -0.1) is 0 Å². The van der Waals surface area contributed by atoms with Gasteiger partial charge in [-0.2, -0.15) is 5.10 Å². The van der Waals surface area contributed by atoms with Crippen LogP contribution in [0.3, 0.4) is 0 Å². The van der Waals surface area contributed by atoms with Gasteiger partial charge in [0.1, 0.15) is 5.82 Å². The number of benzene rings is 1. The van der Waals surface area contributed by atoms with E-state index in [2.05, 4.69) is 33.8 Å². The van der Waals surface area contributed by atoms with Crippen molar-refractivity contribution in [3.63, 3.8) is 0 Å². The van der Waals surface area contributed by atoms with Gasteiger partial charge in [0.15, 0.2) is 0 Å². The van der Waals surface area contributed by atoms with Crippen LogP contribution in [0.4, 0.5) is 5.82 Å². The highest BCUT2D eigenvalue weighted by Crippen LogP contribution is 2.40. The van der Waals surface area contributed by atoms with Gasteiger partial charge in [-0.3, -0.25) is 10.9 Å². The van der Waals surface area contributed by atoms with Gasteiger partial charge in [0.25, 0.3) is 0 Å². The van der Waals surface area contributed by atoms with Gasteiger partial charge in [-0.05, 0) is 29.9 Å². The van der Waals surface area contributed by atoms with Crippen LogP contribution in [0.25, 0.3) is 0 Å². The molecule has 0 amide bonds. The molecular weight excluding hydrogens is 238 g/mol. The van der Waals surface area contributed by atoms with Crippen molar-refractivity contribution < 1.29 is 0 Å². The van der Waals surface area contributed by atoms with E-state index in [-0.39, 0.29) is 6.04 Å². The summed E-state index contributed by atoms with van der Waals surface area (Å²) in [5, 5.41) is 6.74. The Hall–Kier alpha value is -1.85. The highest BCUT2D eigenvalue weighted by atomic mass is 15.2. The fourth-order valence-corrected chi connectivity index (χ4v) is 2.75. The number of aromatic amines is 1. The number of anilines is 1. The fraction of sp³-hybridized carbons (Fsp3) is 0.357. The Kier molecular flexibility index (Phi) is 3.23. The largest absolute Gasteiger partial charge is 0.384 e. The maximum Gasteiger partial charge on any atom is 0.124 e. The van der Waals surface area contributed by atoms with Gasteiger partial charge in [-0.1, -0.05) is 30.7 Å². The molecule has 19 heavy (non-hydrogen) atoms. The lowest BCUT2D eigenvalue weighted by molar-refractivity contribution is 0.414. The number of rotatable bonds is 4. The van der Waals surface area contributed by atoms with Crippen molar-refractivity contribution in [3.05, 3.63) is 47.2 Å². The number of nitrogens with one attached hydrogen (secondary N) is 2. The van der Waals surface area contributed by atoms with Crippen LogP contribution in [0, 0.1) is 0 Å². The summed E-state index contributed by atoms with van der Waals surface area (Å²) < 4.78 is 0. The Balaban J connectivity index is 2.02. The van der Waals surface area contributed by atoms with Crippen LogP contribution in [0.1, 0.15) is 47.9 Å². The zero-order chi connectivity index (χ0) is 13.2. The van der Waals surface area contributed by atoms with Crippen molar-refractivity contribution in [1.29, 1.82) is 0 Å². The normalized spacial score (nSPS) is 17.1. The molecule has 1 aliphatic carbocycles. The van der Waals surface area contributed by atoms with Gasteiger partial charge in [-0.25, -0.2) is 5.43 Å². The quantitative estimate of drug-likeness (QED) is 0.496. The minimum absolute atomic E-state index is 0.115. The summed E-state index contributed by atoms with van der Waals surface area (Å²) in [5.74, 6) is 6.96. The summed E-state index contributed by atoms with van der Waals surface area (Å²) in [6, 6.07) is 8.32. The molecule has 1 unspecified atom stereocenters. The number of aromatic nitrogens is 2. The first kappa shape index (κ1) is 12.2. The molecule has 100 valence electrons. The highest BCUT2D eigenvalue weighted by molar-refractivity contribution is 5.47. The van der Waals surface area contributed by atoms with Gasteiger partial charge in [0.2, 0.25) is 0 Å². The molecule has 0 radical (unpaired) electrons. The monoisotopic (exact) mass is 257 g/mol. The second-order valence-corrected chi connectivity index (χ2v) is 5.10. The first-order valence-electron chi connectivity index (χ1n) is 6.65. The van der Waals surface area contributed by atoms with E-state index in [1.165, 1.54) is 30.4 Å². The molecule has 1 atom stereocenters. The summed E-state index contributed by atoms with van der Waals surface area (Å²) in [5.41, 5.74) is 12.2. The Morgan fingerprint density at radius 2 is 2.05 bits per heavy atom. The van der Waals surface area contributed by atoms with E-state index < -0.39 is 0 Å². The number of hydrogen-bond acceptors (Lipinski definition) is 4. The number of hydrazine groups is 1. The maximum absolute atomic E-state index is 5.91. The van der Waals surface area contributed by atoms with Crippen molar-refractivity contribution in [2.45, 2.75) is 31.2 Å². The van der Waals surface area contributed by atoms with Crippen molar-refractivity contribution >= 4 is 5.82 Å². The Morgan fingerprint density at radius 1 is 1.26 bits per heavy atom. The van der Waals surface area contributed by atoms with Gasteiger partial charge in [0.05, 0.1) is 12.2 Å². The van der Waals surface area contributed by atoms with Crippen molar-refractivity contribution in [1.82, 2.24) is 15.6 Å². The Bertz CT molecular complexity index is 558. The van der Waals surface area contributed by atoms with Crippen LogP contribution in [0.2, 0.25) is 0 Å². The van der Waals surface area contributed by atoms with E-state index >= 15 is 0 Å². The Labute approximate surface area is 112 Å². The number of H-pyrrole nitrogens is 1. The molecule has 1 heterocycles. The lowest BCUT2D eigenvalue weighted by Crippen LogP contribution is -2.30. The molecule has 1 fully saturated rings. The summed E-state index contributed by atoms with van der Waals surface area (Å²) in [4.78, 5) is 0. The molecule has 0 bridgehead atoms. The average Bonchev–Trinajstić information content (AvgIpc) is 2.77. The van der Waals surface area contributed by atoms with Crippen LogP contribution < -0.4 is 17.0 Å². The SMILES string of the molecule is NNC(c1ccccc1C1CCC1)c1cn[nH]c1N. The Morgan fingerprint density at radius 3 is 2.63 bits per heavy atom. The van der Waals surface area contributed by atoms with Gasteiger partial charge in [0, 0.05) is 5.56 Å². The second kappa shape index (κ2) is 5.03. The molecule has 1 aromatic heterocycles. The first-order chi connectivity index (χ1) is 9.31. The maximum atomic E-state index is 5.91. The molecule has 6 N–H and O–H groups in total. The highest BCUT2D eigenvalue weighted by Gasteiger charge is 2.26. The van der Waals surface area contributed by atoms with E-state index in [0.29, 0.717) is 11.7 Å². The van der Waals surface area contributed by atoms with Crippen LogP contribution >= 0.6 is 0 Å². The van der Waals surface area contributed by atoms with E-state index in [1.54, 1.807) is 6.20 Å². The lowest BCUT2D eigenvalue weighted by Gasteiger charge is -2.30. The third-order valence-electron chi connectivity index (χ3n) is 4.03. The van der Waals surface area contributed by atoms with Crippen LogP contribution in [-0.2, 0) is 0 Å². The molecule has 0 aliphatic heterocycles. The predicted octanol–water partition coefficient (Wildman–Crippen LogP) is 1.81. The molecule has 2 aromatic rings. The summed E-state index contributed by atoms with van der Waals surface area (Å²) in [6.45, 7) is 0. The third-order valence-corrected chi connectivity index (χ3v) is 4.03. The molecule has 5 heteroatoms. The molecule has 1 saturated carbocycles. The number of nitrogens with two attached hydrogens (primary N) is 2. The molecule has 5 nitrogen and oxygen atoms in total. The topological polar surface area (TPSA) is 92.7 Å². The molecule has 3 rings (SSSR count). The fourth-order valence-electron chi connectivity index (χ4n) is 2.75. The molecule has 1 aliphatic rings. The average molecular weight is 257 g/mol. The predicted molar refractivity (Wildman–Crippen MR) is 75.2 cm³/mol. The van der Waals surface area contributed by atoms with Gasteiger partial charge < -0.3 is 5.73 Å². The summed E-state index contributed by atoms with van der Waals surface area (Å²) in [7, 11) is 0. The third kappa shape index (κ3) is 2.11. The molecule has 0 saturated heterocycles. The van der Waals surface area contributed by atoms with Crippen molar-refractivity contribution in [2.75, 3.05) is 5.73 Å². The molecule has 0 spiro atoms. The molecular formula is C14H19N5. The zero-order valence-electron chi connectivity index (χ0n) is 10.8. The second-order valence-electron chi connectivity index (χ2n) is 5.10.